The van der Waals surface area contributed by atoms with E-state index in [2.05, 4.69) is 10.3 Å². The molecule has 0 aromatic heterocycles. The van der Waals surface area contributed by atoms with Crippen molar-refractivity contribution in [3.63, 3.8) is 0 Å². The highest BCUT2D eigenvalue weighted by Crippen LogP contribution is 2.11. The predicted molar refractivity (Wildman–Crippen MR) is 101 cm³/mol. The fourth-order valence-electron chi connectivity index (χ4n) is 2.13. The quantitative estimate of drug-likeness (QED) is 0.339. The number of likely N-dealkylation sites (tertiary alicyclic amines) is 1. The van der Waals surface area contributed by atoms with Crippen LogP contribution in [0.5, 0.6) is 0 Å². The van der Waals surface area contributed by atoms with Crippen LogP contribution in [0.15, 0.2) is 4.99 Å². The zero-order valence-electron chi connectivity index (χ0n) is 13.7. The molecule has 0 aromatic rings. The topological polar surface area (TPSA) is 114 Å². The molecule has 136 valence electrons. The second-order valence-corrected chi connectivity index (χ2v) is 7.58. The van der Waals surface area contributed by atoms with Gasteiger partial charge in [0.15, 0.2) is 15.8 Å². The molecule has 1 amide bonds. The molecule has 1 aliphatic rings. The summed E-state index contributed by atoms with van der Waals surface area (Å²) in [6.07, 6.45) is 1.22. The molecule has 1 saturated heterocycles. The minimum atomic E-state index is -3.02. The first-order chi connectivity index (χ1) is 10.4. The third-order valence-corrected chi connectivity index (χ3v) is 5.18. The van der Waals surface area contributed by atoms with Crippen molar-refractivity contribution in [3.8, 4) is 0 Å². The zero-order valence-corrected chi connectivity index (χ0v) is 16.8. The Morgan fingerprint density at radius 1 is 1.35 bits per heavy atom. The van der Waals surface area contributed by atoms with E-state index in [0.717, 1.165) is 12.8 Å². The number of nitrogens with zero attached hydrogens (tertiary/aromatic N) is 2. The first kappa shape index (κ1) is 22.2. The summed E-state index contributed by atoms with van der Waals surface area (Å²) in [6, 6.07) is 0.136. The van der Waals surface area contributed by atoms with Crippen molar-refractivity contribution in [3.05, 3.63) is 0 Å². The van der Waals surface area contributed by atoms with Gasteiger partial charge in [-0.15, -0.1) is 24.0 Å². The number of halogens is 1. The van der Waals surface area contributed by atoms with Crippen LogP contribution in [-0.2, 0) is 14.6 Å². The number of guanidine groups is 1. The maximum Gasteiger partial charge on any atom is 0.409 e. The minimum Gasteiger partial charge on any atom is -0.450 e. The smallest absolute Gasteiger partial charge is 0.409 e. The number of carbonyl (C=O) groups excluding carboxylic acids is 1. The van der Waals surface area contributed by atoms with Crippen LogP contribution in [0.3, 0.4) is 0 Å². The number of sulfone groups is 1. The van der Waals surface area contributed by atoms with Crippen LogP contribution < -0.4 is 11.1 Å². The first-order valence-corrected chi connectivity index (χ1v) is 9.38. The average molecular weight is 462 g/mol. The number of nitrogens with one attached hydrogen (secondary N) is 1. The second-order valence-electron chi connectivity index (χ2n) is 5.11. The summed E-state index contributed by atoms with van der Waals surface area (Å²) in [4.78, 5) is 17.3. The van der Waals surface area contributed by atoms with E-state index in [9.17, 15) is 13.2 Å². The molecule has 0 aliphatic carbocycles. The van der Waals surface area contributed by atoms with Crippen molar-refractivity contribution in [2.24, 2.45) is 10.7 Å². The molecule has 8 nitrogen and oxygen atoms in total. The lowest BCUT2D eigenvalue weighted by Gasteiger charge is -2.31. The molecule has 10 heteroatoms. The van der Waals surface area contributed by atoms with E-state index in [1.165, 1.54) is 0 Å². The lowest BCUT2D eigenvalue weighted by Crippen LogP contribution is -2.48. The highest BCUT2D eigenvalue weighted by Gasteiger charge is 2.23. The van der Waals surface area contributed by atoms with Gasteiger partial charge >= 0.3 is 6.09 Å². The van der Waals surface area contributed by atoms with Crippen molar-refractivity contribution < 1.29 is 17.9 Å². The largest absolute Gasteiger partial charge is 0.450 e. The second kappa shape index (κ2) is 10.9. The highest BCUT2D eigenvalue weighted by molar-refractivity contribution is 14.0. The number of carbonyl (C=O) groups is 1. The fraction of sp³-hybridized carbons (Fsp3) is 0.846. The molecular formula is C13H27IN4O4S. The summed E-state index contributed by atoms with van der Waals surface area (Å²) in [7, 11) is -3.02. The van der Waals surface area contributed by atoms with Crippen LogP contribution >= 0.6 is 24.0 Å². The number of hydrogen-bond donors (Lipinski definition) is 2. The fourth-order valence-corrected chi connectivity index (χ4v) is 2.78. The van der Waals surface area contributed by atoms with Crippen molar-refractivity contribution in [1.82, 2.24) is 10.2 Å². The van der Waals surface area contributed by atoms with Gasteiger partial charge in [-0.2, -0.15) is 0 Å². The molecule has 0 aromatic carbocycles. The van der Waals surface area contributed by atoms with Crippen LogP contribution in [-0.4, -0.2) is 69.2 Å². The van der Waals surface area contributed by atoms with Gasteiger partial charge in [0.05, 0.1) is 18.9 Å². The van der Waals surface area contributed by atoms with E-state index in [4.69, 9.17) is 10.5 Å². The van der Waals surface area contributed by atoms with Crippen LogP contribution in [0, 0.1) is 0 Å². The number of hydrogen-bond acceptors (Lipinski definition) is 5. The Kier molecular flexibility index (Phi) is 10.5. The van der Waals surface area contributed by atoms with E-state index in [0.29, 0.717) is 19.7 Å². The third kappa shape index (κ3) is 8.58. The van der Waals surface area contributed by atoms with E-state index in [-0.39, 0.29) is 60.1 Å². The Bertz CT molecular complexity index is 490. The predicted octanol–water partition coefficient (Wildman–Crippen LogP) is 0.564. The van der Waals surface area contributed by atoms with Crippen molar-refractivity contribution >= 4 is 45.9 Å². The molecule has 0 saturated carbocycles. The Morgan fingerprint density at radius 3 is 2.48 bits per heavy atom. The molecule has 1 heterocycles. The number of ether oxygens (including phenoxy) is 1. The maximum atomic E-state index is 11.6. The summed E-state index contributed by atoms with van der Waals surface area (Å²) < 4.78 is 27.6. The average Bonchev–Trinajstić information content (AvgIpc) is 2.48. The van der Waals surface area contributed by atoms with Gasteiger partial charge in [-0.25, -0.2) is 13.2 Å². The lowest BCUT2D eigenvalue weighted by molar-refractivity contribution is 0.0963. The van der Waals surface area contributed by atoms with Crippen LogP contribution in [0.1, 0.15) is 26.7 Å². The molecule has 0 bridgehead atoms. The van der Waals surface area contributed by atoms with Crippen molar-refractivity contribution in [2.75, 3.05) is 37.7 Å². The highest BCUT2D eigenvalue weighted by atomic mass is 127. The van der Waals surface area contributed by atoms with Crippen molar-refractivity contribution in [2.45, 2.75) is 32.7 Å². The number of aliphatic imine (C=N–C) groups is 1. The summed E-state index contributed by atoms with van der Waals surface area (Å²) in [6.45, 7) is 5.13. The Labute approximate surface area is 155 Å². The molecule has 0 radical (unpaired) electrons. The van der Waals surface area contributed by atoms with Crippen LogP contribution in [0.4, 0.5) is 4.79 Å². The molecule has 0 spiro atoms. The SMILES string of the molecule is CCOC(=O)N1CCC(NC(N)=NCCS(=O)(=O)CC)CC1.I. The van der Waals surface area contributed by atoms with Gasteiger partial charge in [-0.1, -0.05) is 6.92 Å². The van der Waals surface area contributed by atoms with Crippen LogP contribution in [0.25, 0.3) is 0 Å². The normalized spacial score (nSPS) is 16.6. The number of amides is 1. The molecule has 23 heavy (non-hydrogen) atoms. The van der Waals surface area contributed by atoms with Gasteiger partial charge in [0.2, 0.25) is 0 Å². The number of piperidine rings is 1. The van der Waals surface area contributed by atoms with Gasteiger partial charge in [0, 0.05) is 24.9 Å². The standard InChI is InChI=1S/C13H26N4O4S.HI/c1-3-21-13(18)17-8-5-11(6-9-17)16-12(14)15-7-10-22(19,20)4-2;/h11H,3-10H2,1-2H3,(H3,14,15,16);1H. The Hall–Kier alpha value is -0.780. The Balaban J connectivity index is 0.00000484. The van der Waals surface area contributed by atoms with Gasteiger partial charge < -0.3 is 20.7 Å². The van der Waals surface area contributed by atoms with E-state index in [1.807, 2.05) is 0 Å². The summed E-state index contributed by atoms with van der Waals surface area (Å²) in [5.74, 6) is 0.371. The van der Waals surface area contributed by atoms with E-state index < -0.39 is 9.84 Å². The third-order valence-electron chi connectivity index (χ3n) is 3.50. The maximum absolute atomic E-state index is 11.6. The van der Waals surface area contributed by atoms with Gasteiger partial charge in [-0.3, -0.25) is 4.99 Å². The molecule has 0 atom stereocenters. The van der Waals surface area contributed by atoms with E-state index in [1.54, 1.807) is 18.7 Å². The monoisotopic (exact) mass is 462 g/mol. The number of rotatable bonds is 6. The molecule has 1 rings (SSSR count). The first-order valence-electron chi connectivity index (χ1n) is 7.56. The molecule has 1 aliphatic heterocycles. The summed E-state index contributed by atoms with van der Waals surface area (Å²) in [5.41, 5.74) is 5.76. The summed E-state index contributed by atoms with van der Waals surface area (Å²) >= 11 is 0. The van der Waals surface area contributed by atoms with Crippen LogP contribution in [0.2, 0.25) is 0 Å². The van der Waals surface area contributed by atoms with Gasteiger partial charge in [0.25, 0.3) is 0 Å². The molecule has 1 fully saturated rings. The summed E-state index contributed by atoms with van der Waals surface area (Å²) in [5, 5.41) is 3.07. The van der Waals surface area contributed by atoms with Gasteiger partial charge in [-0.05, 0) is 19.8 Å². The van der Waals surface area contributed by atoms with E-state index >= 15 is 0 Å². The van der Waals surface area contributed by atoms with Crippen molar-refractivity contribution in [1.29, 1.82) is 0 Å². The molecular weight excluding hydrogens is 435 g/mol. The molecule has 0 unspecified atom stereocenters. The molecule has 3 N–H and O–H groups in total. The minimum absolute atomic E-state index is 0. The number of nitrogens with two attached hydrogens (primary N) is 1. The Morgan fingerprint density at radius 2 is 1.96 bits per heavy atom. The van der Waals surface area contributed by atoms with Gasteiger partial charge in [0.1, 0.15) is 0 Å². The zero-order chi connectivity index (χ0) is 16.6. The lowest BCUT2D eigenvalue weighted by atomic mass is 10.1.